The van der Waals surface area contributed by atoms with Gasteiger partial charge in [0.1, 0.15) is 5.60 Å². The minimum atomic E-state index is -1.72. The normalized spacial score (nSPS) is 29.4. The third-order valence-electron chi connectivity index (χ3n) is 4.17. The Balaban J connectivity index is 3.16. The van der Waals surface area contributed by atoms with E-state index in [1.165, 1.54) is 6.92 Å². The van der Waals surface area contributed by atoms with Crippen molar-refractivity contribution >= 4 is 0 Å². The average Bonchev–Trinajstić information content (AvgIpc) is 1.95. The van der Waals surface area contributed by atoms with Crippen LogP contribution in [0.1, 0.15) is 60.8 Å². The van der Waals surface area contributed by atoms with Crippen LogP contribution in [0, 0.1) is 10.8 Å². The van der Waals surface area contributed by atoms with Gasteiger partial charge in [0.15, 0.2) is 5.67 Å². The monoisotopic (exact) mass is 242 g/mol. The molecule has 0 aliphatic heterocycles. The van der Waals surface area contributed by atoms with Gasteiger partial charge in [0, 0.05) is 0 Å². The van der Waals surface area contributed by atoms with Gasteiger partial charge in [-0.15, -0.1) is 0 Å². The van der Waals surface area contributed by atoms with Crippen LogP contribution < -0.4 is 0 Å². The van der Waals surface area contributed by atoms with Gasteiger partial charge in [-0.1, -0.05) is 34.3 Å². The van der Waals surface area contributed by atoms with Gasteiger partial charge in [0.05, 0.1) is 0 Å². The second-order valence-electron chi connectivity index (χ2n) is 7.67. The molecule has 0 radical (unpaired) electrons. The van der Waals surface area contributed by atoms with Gasteiger partial charge >= 0.3 is 0 Å². The third kappa shape index (κ3) is 2.73. The van der Waals surface area contributed by atoms with Crippen molar-refractivity contribution in [2.75, 3.05) is 0 Å². The molecule has 0 aromatic carbocycles. The summed E-state index contributed by atoms with van der Waals surface area (Å²) < 4.78 is 14.8. The number of hydrogen-bond acceptors (Lipinski definition) is 1. The summed E-state index contributed by atoms with van der Waals surface area (Å²) in [7, 11) is 0. The zero-order chi connectivity index (χ0) is 13.7. The van der Waals surface area contributed by atoms with Crippen LogP contribution in [0.2, 0.25) is 0 Å². The summed E-state index contributed by atoms with van der Waals surface area (Å²) in [5, 5.41) is 10.8. The summed E-state index contributed by atoms with van der Waals surface area (Å²) in [6.45, 7) is 15.3. The van der Waals surface area contributed by atoms with Crippen molar-refractivity contribution in [1.29, 1.82) is 0 Å². The Bertz CT molecular complexity index is 310. The number of aliphatic hydroxyl groups is 1. The molecule has 0 aromatic rings. The van der Waals surface area contributed by atoms with Crippen LogP contribution in [0.15, 0.2) is 12.2 Å². The van der Waals surface area contributed by atoms with Gasteiger partial charge in [-0.3, -0.25) is 0 Å². The Morgan fingerprint density at radius 2 is 1.47 bits per heavy atom. The second kappa shape index (κ2) is 3.81. The molecule has 0 amide bonds. The lowest BCUT2D eigenvalue weighted by Gasteiger charge is -2.53. The van der Waals surface area contributed by atoms with Gasteiger partial charge in [-0.2, -0.15) is 0 Å². The maximum absolute atomic E-state index is 14.8. The second-order valence-corrected chi connectivity index (χ2v) is 7.67. The zero-order valence-electron chi connectivity index (χ0n) is 12.2. The summed E-state index contributed by atoms with van der Waals surface area (Å²) >= 11 is 0. The molecule has 1 aliphatic rings. The predicted octanol–water partition coefficient (Wildman–Crippen LogP) is 4.26. The Morgan fingerprint density at radius 1 is 1.12 bits per heavy atom. The standard InChI is InChI=1S/C15H27FO/c1-11(2)14(7,16)15(17)9-12(3,4)8-13(5,6)10-15/h17H,1,8-10H2,2-7H3. The average molecular weight is 242 g/mol. The van der Waals surface area contributed by atoms with E-state index in [1.807, 2.05) is 0 Å². The van der Waals surface area contributed by atoms with Crippen molar-refractivity contribution < 1.29 is 9.50 Å². The van der Waals surface area contributed by atoms with Crippen molar-refractivity contribution in [1.82, 2.24) is 0 Å². The van der Waals surface area contributed by atoms with E-state index in [0.717, 1.165) is 6.42 Å². The molecule has 1 atom stereocenters. The van der Waals surface area contributed by atoms with Gasteiger partial charge in [0.2, 0.25) is 0 Å². The van der Waals surface area contributed by atoms with Crippen LogP contribution in [0.25, 0.3) is 0 Å². The minimum Gasteiger partial charge on any atom is -0.386 e. The maximum Gasteiger partial charge on any atom is 0.157 e. The molecular formula is C15H27FO. The van der Waals surface area contributed by atoms with Gasteiger partial charge in [-0.25, -0.2) is 4.39 Å². The zero-order valence-corrected chi connectivity index (χ0v) is 12.2. The van der Waals surface area contributed by atoms with Gasteiger partial charge in [0.25, 0.3) is 0 Å². The highest BCUT2D eigenvalue weighted by molar-refractivity contribution is 5.20. The summed E-state index contributed by atoms with van der Waals surface area (Å²) in [4.78, 5) is 0. The molecule has 0 aromatic heterocycles. The first-order chi connectivity index (χ1) is 7.31. The first kappa shape index (κ1) is 14.7. The lowest BCUT2D eigenvalue weighted by molar-refractivity contribution is -0.154. The Hall–Kier alpha value is -0.370. The molecule has 1 unspecified atom stereocenters. The highest BCUT2D eigenvalue weighted by Crippen LogP contribution is 2.55. The SMILES string of the molecule is C=C(C)C(C)(F)C1(O)CC(C)(C)CC(C)(C)C1. The van der Waals surface area contributed by atoms with E-state index in [4.69, 9.17) is 0 Å². The molecule has 0 heterocycles. The fourth-order valence-electron chi connectivity index (χ4n) is 3.80. The smallest absolute Gasteiger partial charge is 0.157 e. The van der Waals surface area contributed by atoms with Crippen molar-refractivity contribution in [3.63, 3.8) is 0 Å². The van der Waals surface area contributed by atoms with E-state index in [-0.39, 0.29) is 10.8 Å². The van der Waals surface area contributed by atoms with Crippen LogP contribution in [-0.2, 0) is 0 Å². The molecule has 17 heavy (non-hydrogen) atoms. The first-order valence-electron chi connectivity index (χ1n) is 6.39. The summed E-state index contributed by atoms with van der Waals surface area (Å²) in [6.07, 6.45) is 1.99. The van der Waals surface area contributed by atoms with E-state index in [2.05, 4.69) is 34.3 Å². The van der Waals surface area contributed by atoms with Crippen molar-refractivity contribution in [2.45, 2.75) is 72.1 Å². The lowest BCUT2D eigenvalue weighted by Crippen LogP contribution is -2.57. The molecule has 1 N–H and O–H groups in total. The van der Waals surface area contributed by atoms with Crippen LogP contribution in [0.3, 0.4) is 0 Å². The van der Waals surface area contributed by atoms with Crippen LogP contribution >= 0.6 is 0 Å². The molecule has 1 saturated carbocycles. The molecule has 1 rings (SSSR count). The van der Waals surface area contributed by atoms with E-state index < -0.39 is 11.3 Å². The van der Waals surface area contributed by atoms with Crippen molar-refractivity contribution in [3.05, 3.63) is 12.2 Å². The Kier molecular flexibility index (Phi) is 3.29. The van der Waals surface area contributed by atoms with Gasteiger partial charge in [-0.05, 0) is 49.5 Å². The van der Waals surface area contributed by atoms with E-state index >= 15 is 0 Å². The van der Waals surface area contributed by atoms with E-state index in [9.17, 15) is 9.50 Å². The predicted molar refractivity (Wildman–Crippen MR) is 70.7 cm³/mol. The summed E-state index contributed by atoms with van der Waals surface area (Å²) in [6, 6.07) is 0. The fraction of sp³-hybridized carbons (Fsp3) is 0.867. The molecule has 0 saturated heterocycles. The summed E-state index contributed by atoms with van der Waals surface area (Å²) in [5.41, 5.74) is -2.70. The molecule has 0 bridgehead atoms. The highest BCUT2D eigenvalue weighted by atomic mass is 19.1. The minimum absolute atomic E-state index is 0.0424. The quantitative estimate of drug-likeness (QED) is 0.717. The largest absolute Gasteiger partial charge is 0.386 e. The molecule has 100 valence electrons. The van der Waals surface area contributed by atoms with Crippen LogP contribution in [0.5, 0.6) is 0 Å². The van der Waals surface area contributed by atoms with Crippen molar-refractivity contribution in [3.8, 4) is 0 Å². The molecule has 1 aliphatic carbocycles. The number of hydrogen-bond donors (Lipinski definition) is 1. The lowest BCUT2D eigenvalue weighted by atomic mass is 9.55. The first-order valence-corrected chi connectivity index (χ1v) is 6.39. The van der Waals surface area contributed by atoms with Gasteiger partial charge < -0.3 is 5.11 Å². The Labute approximate surface area is 105 Å². The molecular weight excluding hydrogens is 215 g/mol. The fourth-order valence-corrected chi connectivity index (χ4v) is 3.80. The topological polar surface area (TPSA) is 20.2 Å². The van der Waals surface area contributed by atoms with E-state index in [0.29, 0.717) is 18.4 Å². The van der Waals surface area contributed by atoms with Crippen LogP contribution in [0.4, 0.5) is 4.39 Å². The van der Waals surface area contributed by atoms with E-state index in [1.54, 1.807) is 6.92 Å². The summed E-state index contributed by atoms with van der Waals surface area (Å²) in [5.74, 6) is 0. The molecule has 2 heteroatoms. The highest BCUT2D eigenvalue weighted by Gasteiger charge is 2.56. The molecule has 1 fully saturated rings. The number of rotatable bonds is 2. The number of halogens is 1. The van der Waals surface area contributed by atoms with Crippen LogP contribution in [-0.4, -0.2) is 16.4 Å². The Morgan fingerprint density at radius 3 is 1.76 bits per heavy atom. The molecule has 1 nitrogen and oxygen atoms in total. The maximum atomic E-state index is 14.8. The molecule has 0 spiro atoms. The number of alkyl halides is 1. The third-order valence-corrected chi connectivity index (χ3v) is 4.17. The van der Waals surface area contributed by atoms with Crippen molar-refractivity contribution in [2.24, 2.45) is 10.8 Å².